The van der Waals surface area contributed by atoms with Crippen LogP contribution in [0.5, 0.6) is 0 Å². The topological polar surface area (TPSA) is 237 Å². The first kappa shape index (κ1) is 91.1. The Morgan fingerprint density at radius 3 is 0.667 bits per heavy atom. The molecule has 5 atom stereocenters. The van der Waals surface area contributed by atoms with Gasteiger partial charge in [-0.1, -0.05) is 319 Å². The molecule has 19 heteroatoms. The van der Waals surface area contributed by atoms with Crippen LogP contribution in [0.3, 0.4) is 0 Å². The number of unbranched alkanes of at least 4 members (excludes halogenated alkanes) is 37. The summed E-state index contributed by atoms with van der Waals surface area (Å²) in [5.41, 5.74) is 0. The van der Waals surface area contributed by atoms with E-state index in [2.05, 4.69) is 55.4 Å². The van der Waals surface area contributed by atoms with Crippen molar-refractivity contribution in [3.63, 3.8) is 0 Å². The number of ether oxygens (including phenoxy) is 4. The van der Waals surface area contributed by atoms with Gasteiger partial charge in [-0.3, -0.25) is 37.3 Å². The van der Waals surface area contributed by atoms with Crippen molar-refractivity contribution < 1.29 is 80.2 Å². The standard InChI is InChI=1S/C74H144O17P2/c1-64(2)50-42-34-26-20-15-12-10-9-11-13-17-23-30-40-48-56-73(78)91-70(61-85-72(77)55-47-39-33-32-37-45-53-67(7)8)63-89-93(82,83)87-59-68(75)58-86-92(80,81)88-62-69(60-84-71(76)54-46-38-29-25-19-22-28-36-44-52-66(5)6)90-74(79)57-49-41-31-24-18-14-16-21-27-35-43-51-65(3)4/h64-70,75H,9-63H2,1-8H3,(H,80,81)(H,82,83)/t68?,69-,70-/m1/s1. The third kappa shape index (κ3) is 68.4. The van der Waals surface area contributed by atoms with Gasteiger partial charge < -0.3 is 33.8 Å². The molecule has 93 heavy (non-hydrogen) atoms. The molecule has 0 aromatic carbocycles. The van der Waals surface area contributed by atoms with Gasteiger partial charge in [0.15, 0.2) is 12.2 Å². The second-order valence-electron chi connectivity index (χ2n) is 28.6. The minimum atomic E-state index is -4.95. The smallest absolute Gasteiger partial charge is 0.462 e. The van der Waals surface area contributed by atoms with Gasteiger partial charge in [0.25, 0.3) is 0 Å². The van der Waals surface area contributed by atoms with Gasteiger partial charge in [0.1, 0.15) is 19.3 Å². The van der Waals surface area contributed by atoms with Crippen LogP contribution >= 0.6 is 15.6 Å². The van der Waals surface area contributed by atoms with Gasteiger partial charge in [0, 0.05) is 25.7 Å². The lowest BCUT2D eigenvalue weighted by Gasteiger charge is -2.21. The maximum absolute atomic E-state index is 13.0. The fourth-order valence-corrected chi connectivity index (χ4v) is 12.8. The average Bonchev–Trinajstić information content (AvgIpc) is 1.84. The average molecular weight is 1370 g/mol. The molecule has 0 aliphatic rings. The lowest BCUT2D eigenvalue weighted by Crippen LogP contribution is -2.30. The van der Waals surface area contributed by atoms with E-state index < -0.39 is 97.5 Å². The summed E-state index contributed by atoms with van der Waals surface area (Å²) in [5, 5.41) is 10.6. The molecule has 0 aliphatic heterocycles. The van der Waals surface area contributed by atoms with Crippen LogP contribution < -0.4 is 0 Å². The maximum Gasteiger partial charge on any atom is 0.472 e. The molecule has 0 aromatic heterocycles. The Morgan fingerprint density at radius 1 is 0.269 bits per heavy atom. The second kappa shape index (κ2) is 63.5. The third-order valence-corrected chi connectivity index (χ3v) is 19.0. The number of rotatable bonds is 71. The van der Waals surface area contributed by atoms with Crippen LogP contribution in [0.2, 0.25) is 0 Å². The quantitative estimate of drug-likeness (QED) is 0.0222. The Balaban J connectivity index is 5.22. The van der Waals surface area contributed by atoms with E-state index in [1.165, 1.54) is 167 Å². The number of aliphatic hydroxyl groups excluding tert-OH is 1. The van der Waals surface area contributed by atoms with Crippen LogP contribution in [-0.2, 0) is 65.4 Å². The number of carbonyl (C=O) groups is 4. The van der Waals surface area contributed by atoms with Crippen LogP contribution in [0.15, 0.2) is 0 Å². The first-order valence-corrected chi connectivity index (χ1v) is 41.2. The molecule has 3 N–H and O–H groups in total. The Hall–Kier alpha value is -1.94. The van der Waals surface area contributed by atoms with Crippen molar-refractivity contribution >= 4 is 39.5 Å². The number of aliphatic hydroxyl groups is 1. The molecule has 552 valence electrons. The minimum Gasteiger partial charge on any atom is -0.462 e. The van der Waals surface area contributed by atoms with Crippen molar-refractivity contribution in [3.8, 4) is 0 Å². The molecule has 0 heterocycles. The Kier molecular flexibility index (Phi) is 62.2. The molecule has 0 aromatic rings. The van der Waals surface area contributed by atoms with Gasteiger partial charge in [-0.05, 0) is 49.4 Å². The summed E-state index contributed by atoms with van der Waals surface area (Å²) < 4.78 is 68.4. The fourth-order valence-electron chi connectivity index (χ4n) is 11.2. The van der Waals surface area contributed by atoms with Crippen molar-refractivity contribution in [1.29, 1.82) is 0 Å². The Bertz CT molecular complexity index is 1830. The van der Waals surface area contributed by atoms with Crippen LogP contribution in [0.4, 0.5) is 0 Å². The number of phosphoric acid groups is 2. The number of hydrogen-bond donors (Lipinski definition) is 3. The number of hydrogen-bond acceptors (Lipinski definition) is 15. The summed E-state index contributed by atoms with van der Waals surface area (Å²) in [7, 11) is -9.91. The van der Waals surface area contributed by atoms with E-state index in [-0.39, 0.29) is 25.7 Å². The highest BCUT2D eigenvalue weighted by Gasteiger charge is 2.30. The molecule has 0 fully saturated rings. The molecule has 0 saturated carbocycles. The summed E-state index contributed by atoms with van der Waals surface area (Å²) in [4.78, 5) is 72.7. The van der Waals surface area contributed by atoms with Crippen molar-refractivity contribution in [2.75, 3.05) is 39.6 Å². The SMILES string of the molecule is CC(C)CCCCCCCCCCCCCCCCCC(=O)O[C@H](COC(=O)CCCCCCCCC(C)C)COP(=O)(O)OCC(O)COP(=O)(O)OC[C@@H](COC(=O)CCCCCCCCCCCC(C)C)OC(=O)CCCCCCCCCCCCCC(C)C. The van der Waals surface area contributed by atoms with Gasteiger partial charge in [-0.2, -0.15) is 0 Å². The first-order valence-electron chi connectivity index (χ1n) is 38.2. The third-order valence-electron chi connectivity index (χ3n) is 17.1. The van der Waals surface area contributed by atoms with E-state index in [9.17, 15) is 43.2 Å². The van der Waals surface area contributed by atoms with Crippen LogP contribution in [0.1, 0.15) is 370 Å². The lowest BCUT2D eigenvalue weighted by atomic mass is 10.0. The summed E-state index contributed by atoms with van der Waals surface area (Å²) in [6, 6.07) is 0. The summed E-state index contributed by atoms with van der Waals surface area (Å²) in [6.07, 6.45) is 47.4. The summed E-state index contributed by atoms with van der Waals surface area (Å²) in [5.74, 6) is 0.866. The van der Waals surface area contributed by atoms with E-state index in [1.54, 1.807) is 0 Å². The zero-order chi connectivity index (χ0) is 68.9. The number of esters is 4. The summed E-state index contributed by atoms with van der Waals surface area (Å²) >= 11 is 0. The zero-order valence-electron chi connectivity index (χ0n) is 60.9. The van der Waals surface area contributed by atoms with Crippen LogP contribution in [-0.4, -0.2) is 96.7 Å². The van der Waals surface area contributed by atoms with Crippen molar-refractivity contribution in [2.45, 2.75) is 388 Å². The highest BCUT2D eigenvalue weighted by Crippen LogP contribution is 2.45. The number of carbonyl (C=O) groups excluding carboxylic acids is 4. The van der Waals surface area contributed by atoms with Gasteiger partial charge >= 0.3 is 39.5 Å². The monoisotopic (exact) mass is 1370 g/mol. The molecule has 17 nitrogen and oxygen atoms in total. The minimum absolute atomic E-state index is 0.105. The van der Waals surface area contributed by atoms with Crippen molar-refractivity contribution in [1.82, 2.24) is 0 Å². The van der Waals surface area contributed by atoms with E-state index in [4.69, 9.17) is 37.0 Å². The largest absolute Gasteiger partial charge is 0.472 e. The van der Waals surface area contributed by atoms with E-state index >= 15 is 0 Å². The van der Waals surface area contributed by atoms with Crippen LogP contribution in [0.25, 0.3) is 0 Å². The summed E-state index contributed by atoms with van der Waals surface area (Å²) in [6.45, 7) is 14.1. The van der Waals surface area contributed by atoms with Crippen LogP contribution in [0, 0.1) is 23.7 Å². The Morgan fingerprint density at radius 2 is 0.452 bits per heavy atom. The molecule has 0 bridgehead atoms. The first-order chi connectivity index (χ1) is 44.6. The van der Waals surface area contributed by atoms with Gasteiger partial charge in [0.2, 0.25) is 0 Å². The molecule has 0 saturated heterocycles. The normalized spacial score (nSPS) is 14.2. The van der Waals surface area contributed by atoms with Gasteiger partial charge in [-0.15, -0.1) is 0 Å². The Labute approximate surface area is 568 Å². The second-order valence-corrected chi connectivity index (χ2v) is 31.5. The highest BCUT2D eigenvalue weighted by molar-refractivity contribution is 7.47. The lowest BCUT2D eigenvalue weighted by molar-refractivity contribution is -0.161. The molecule has 0 radical (unpaired) electrons. The van der Waals surface area contributed by atoms with Crippen molar-refractivity contribution in [2.24, 2.45) is 23.7 Å². The number of phosphoric ester groups is 2. The van der Waals surface area contributed by atoms with E-state index in [0.29, 0.717) is 31.6 Å². The zero-order valence-corrected chi connectivity index (χ0v) is 62.7. The van der Waals surface area contributed by atoms with Gasteiger partial charge in [0.05, 0.1) is 26.4 Å². The van der Waals surface area contributed by atoms with Crippen molar-refractivity contribution in [3.05, 3.63) is 0 Å². The highest BCUT2D eigenvalue weighted by atomic mass is 31.2. The van der Waals surface area contributed by atoms with E-state index in [0.717, 1.165) is 114 Å². The predicted octanol–water partition coefficient (Wildman–Crippen LogP) is 21.3. The molecule has 0 aliphatic carbocycles. The van der Waals surface area contributed by atoms with Gasteiger partial charge in [-0.25, -0.2) is 9.13 Å². The maximum atomic E-state index is 13.0. The molecule has 0 amide bonds. The molecular formula is C74H144O17P2. The fraction of sp³-hybridized carbons (Fsp3) is 0.946. The predicted molar refractivity (Wildman–Crippen MR) is 377 cm³/mol. The molecule has 0 spiro atoms. The molecule has 0 rings (SSSR count). The van der Waals surface area contributed by atoms with E-state index in [1.807, 2.05) is 0 Å². The molecular weight excluding hydrogens is 1220 g/mol. The molecule has 3 unspecified atom stereocenters.